The molecule has 3 N–H and O–H groups in total. The summed E-state index contributed by atoms with van der Waals surface area (Å²) >= 11 is 0. The summed E-state index contributed by atoms with van der Waals surface area (Å²) in [5.74, 6) is 0.140. The Balaban J connectivity index is 1.97. The Labute approximate surface area is 104 Å². The van der Waals surface area contributed by atoms with Crippen LogP contribution in [0.2, 0.25) is 0 Å². The summed E-state index contributed by atoms with van der Waals surface area (Å²) in [7, 11) is 0. The van der Waals surface area contributed by atoms with E-state index < -0.39 is 6.03 Å². The number of carbonyl (C=O) groups excluding carboxylic acids is 1. The van der Waals surface area contributed by atoms with Crippen LogP contribution in [0.5, 0.6) is 0 Å². The van der Waals surface area contributed by atoms with Crippen LogP contribution in [0, 0.1) is 6.92 Å². The van der Waals surface area contributed by atoms with Gasteiger partial charge in [0.25, 0.3) is 5.56 Å². The van der Waals surface area contributed by atoms with Gasteiger partial charge in [-0.25, -0.2) is 9.78 Å². The average Bonchev–Trinajstić information content (AvgIpc) is 2.61. The molecule has 18 heavy (non-hydrogen) atoms. The van der Waals surface area contributed by atoms with Crippen molar-refractivity contribution >= 4 is 12.0 Å². The normalized spacial score (nSPS) is 13.9. The number of aromatic nitrogens is 2. The Morgan fingerprint density at radius 3 is 2.72 bits per heavy atom. The van der Waals surface area contributed by atoms with E-state index in [0.29, 0.717) is 5.69 Å². The minimum atomic E-state index is -0.418. The number of nitrogens with zero attached hydrogens (tertiary/aromatic N) is 1. The van der Waals surface area contributed by atoms with Gasteiger partial charge in [-0.1, -0.05) is 11.6 Å². The molecule has 2 amide bonds. The van der Waals surface area contributed by atoms with Crippen LogP contribution in [0.15, 0.2) is 34.3 Å². The van der Waals surface area contributed by atoms with Crippen LogP contribution < -0.4 is 16.2 Å². The zero-order chi connectivity index (χ0) is 13.1. The Hall–Kier alpha value is -2.37. The molecule has 1 aliphatic carbocycles. The van der Waals surface area contributed by atoms with E-state index >= 15 is 0 Å². The van der Waals surface area contributed by atoms with Gasteiger partial charge in [-0.15, -0.1) is 0 Å². The van der Waals surface area contributed by atoms with Crippen molar-refractivity contribution in [3.63, 3.8) is 0 Å². The second-order valence-corrected chi connectivity index (χ2v) is 4.20. The summed E-state index contributed by atoms with van der Waals surface area (Å²) in [5, 5.41) is 5.18. The monoisotopic (exact) mass is 246 g/mol. The lowest BCUT2D eigenvalue weighted by Gasteiger charge is -2.08. The number of urea groups is 1. The molecule has 6 heteroatoms. The predicted molar refractivity (Wildman–Crippen MR) is 68.2 cm³/mol. The molecule has 1 aromatic heterocycles. The second kappa shape index (κ2) is 4.87. The summed E-state index contributed by atoms with van der Waals surface area (Å²) < 4.78 is 0. The number of hydrogen-bond acceptors (Lipinski definition) is 3. The first-order valence-electron chi connectivity index (χ1n) is 5.55. The molecule has 0 fully saturated rings. The molecule has 94 valence electrons. The van der Waals surface area contributed by atoms with E-state index in [4.69, 9.17) is 0 Å². The molecule has 0 spiro atoms. The first-order valence-corrected chi connectivity index (χ1v) is 5.55. The lowest BCUT2D eigenvalue weighted by molar-refractivity contribution is 0.254. The van der Waals surface area contributed by atoms with Crippen LogP contribution in [0.3, 0.4) is 0 Å². The third kappa shape index (κ3) is 3.07. The van der Waals surface area contributed by atoms with Crippen LogP contribution in [0.4, 0.5) is 10.7 Å². The van der Waals surface area contributed by atoms with E-state index in [9.17, 15) is 9.59 Å². The van der Waals surface area contributed by atoms with Crippen molar-refractivity contribution in [2.75, 3.05) is 5.32 Å². The first kappa shape index (κ1) is 12.1. The topological polar surface area (TPSA) is 86.9 Å². The summed E-state index contributed by atoms with van der Waals surface area (Å²) in [6, 6.07) is 0.939. The van der Waals surface area contributed by atoms with Crippen LogP contribution in [-0.2, 0) is 0 Å². The number of carbonyl (C=O) groups is 1. The second-order valence-electron chi connectivity index (χ2n) is 4.20. The fourth-order valence-corrected chi connectivity index (χ4v) is 1.67. The molecule has 0 saturated heterocycles. The molecule has 0 bridgehead atoms. The van der Waals surface area contributed by atoms with E-state index in [2.05, 4.69) is 20.6 Å². The highest BCUT2D eigenvalue weighted by atomic mass is 16.2. The first-order chi connectivity index (χ1) is 8.52. The number of amides is 2. The van der Waals surface area contributed by atoms with Crippen LogP contribution in [0.25, 0.3) is 0 Å². The van der Waals surface area contributed by atoms with Crippen LogP contribution in [0.1, 0.15) is 19.0 Å². The van der Waals surface area contributed by atoms with Crippen molar-refractivity contribution in [3.05, 3.63) is 45.5 Å². The summed E-state index contributed by atoms with van der Waals surface area (Å²) in [4.78, 5) is 29.3. The van der Waals surface area contributed by atoms with Crippen LogP contribution in [-0.4, -0.2) is 16.0 Å². The van der Waals surface area contributed by atoms with E-state index in [-0.39, 0.29) is 11.5 Å². The predicted octanol–water partition coefficient (Wildman–Crippen LogP) is 1.43. The minimum absolute atomic E-state index is 0.140. The number of anilines is 1. The van der Waals surface area contributed by atoms with Gasteiger partial charge in [0, 0.05) is 23.9 Å². The molecule has 0 saturated carbocycles. The van der Waals surface area contributed by atoms with Crippen molar-refractivity contribution in [3.8, 4) is 0 Å². The van der Waals surface area contributed by atoms with Gasteiger partial charge in [0.15, 0.2) is 0 Å². The number of hydrogen-bond donors (Lipinski definition) is 3. The number of nitrogens with one attached hydrogen (secondary N) is 3. The molecule has 1 heterocycles. The van der Waals surface area contributed by atoms with Gasteiger partial charge in [-0.3, -0.25) is 15.1 Å². The van der Waals surface area contributed by atoms with E-state index in [0.717, 1.165) is 12.1 Å². The lowest BCUT2D eigenvalue weighted by atomic mass is 10.2. The Morgan fingerprint density at radius 1 is 1.33 bits per heavy atom. The average molecular weight is 246 g/mol. The Kier molecular flexibility index (Phi) is 3.27. The molecule has 0 aromatic carbocycles. The van der Waals surface area contributed by atoms with E-state index in [1.807, 2.05) is 19.1 Å². The molecule has 0 radical (unpaired) electrons. The number of aryl methyl sites for hydroxylation is 1. The molecular weight excluding hydrogens is 232 g/mol. The largest absolute Gasteiger partial charge is 0.325 e. The lowest BCUT2D eigenvalue weighted by Crippen LogP contribution is -2.29. The molecule has 0 aliphatic heterocycles. The fraction of sp³-hybridized carbons (Fsp3) is 0.250. The Bertz CT molecular complexity index is 598. The summed E-state index contributed by atoms with van der Waals surface area (Å²) in [5.41, 5.74) is 2.26. The molecule has 0 unspecified atom stereocenters. The zero-order valence-electron chi connectivity index (χ0n) is 10.2. The quantitative estimate of drug-likeness (QED) is 0.737. The van der Waals surface area contributed by atoms with E-state index in [1.165, 1.54) is 11.6 Å². The number of allylic oxidation sites excluding steroid dienone is 3. The van der Waals surface area contributed by atoms with Crippen molar-refractivity contribution in [2.45, 2.75) is 20.3 Å². The maximum absolute atomic E-state index is 11.6. The van der Waals surface area contributed by atoms with Crippen molar-refractivity contribution < 1.29 is 4.79 Å². The highest BCUT2D eigenvalue weighted by Crippen LogP contribution is 2.15. The van der Waals surface area contributed by atoms with Gasteiger partial charge in [0.05, 0.1) is 0 Å². The zero-order valence-corrected chi connectivity index (χ0v) is 10.2. The third-order valence-corrected chi connectivity index (χ3v) is 2.41. The minimum Gasteiger partial charge on any atom is -0.311 e. The smallest absolute Gasteiger partial charge is 0.311 e. The number of H-pyrrole nitrogens is 1. The van der Waals surface area contributed by atoms with Gasteiger partial charge in [-0.05, 0) is 19.9 Å². The molecule has 6 nitrogen and oxygen atoms in total. The van der Waals surface area contributed by atoms with Crippen molar-refractivity contribution in [1.82, 2.24) is 15.3 Å². The molecular formula is C12H14N4O2. The third-order valence-electron chi connectivity index (χ3n) is 2.41. The fourth-order valence-electron chi connectivity index (χ4n) is 1.67. The van der Waals surface area contributed by atoms with Gasteiger partial charge in [0.1, 0.15) is 0 Å². The molecule has 0 atom stereocenters. The number of rotatable bonds is 2. The maximum Gasteiger partial charge on any atom is 0.325 e. The molecule has 1 aromatic rings. The molecule has 2 rings (SSSR count). The standard InChI is InChI=1S/C12H14N4O2/c1-7-3-4-9(5-7)14-12(18)16-11-13-8(2)6-10(17)15-11/h3-4,6H,5H2,1-2H3,(H3,13,14,15,16,17,18). The van der Waals surface area contributed by atoms with Gasteiger partial charge in [-0.2, -0.15) is 0 Å². The maximum atomic E-state index is 11.6. The SMILES string of the molecule is CC1=CC=C(NC(=O)Nc2nc(C)cc(=O)[nH]2)C1. The van der Waals surface area contributed by atoms with Crippen molar-refractivity contribution in [2.24, 2.45) is 0 Å². The highest BCUT2D eigenvalue weighted by Gasteiger charge is 2.09. The summed E-state index contributed by atoms with van der Waals surface area (Å²) in [6.45, 7) is 3.67. The molecule has 1 aliphatic rings. The van der Waals surface area contributed by atoms with Crippen molar-refractivity contribution in [1.29, 1.82) is 0 Å². The van der Waals surface area contributed by atoms with Gasteiger partial charge >= 0.3 is 6.03 Å². The Morgan fingerprint density at radius 2 is 2.11 bits per heavy atom. The highest BCUT2D eigenvalue weighted by molar-refractivity contribution is 5.88. The summed E-state index contributed by atoms with van der Waals surface area (Å²) in [6.07, 6.45) is 4.52. The van der Waals surface area contributed by atoms with Gasteiger partial charge in [0.2, 0.25) is 5.95 Å². The van der Waals surface area contributed by atoms with E-state index in [1.54, 1.807) is 6.92 Å². The number of aromatic amines is 1. The van der Waals surface area contributed by atoms with Crippen LogP contribution >= 0.6 is 0 Å². The van der Waals surface area contributed by atoms with Gasteiger partial charge < -0.3 is 5.32 Å².